The Kier molecular flexibility index (Phi) is 10.1. The smallest absolute Gasteiger partial charge is 0.417 e. The van der Waals surface area contributed by atoms with E-state index < -0.39 is 35.9 Å². The predicted molar refractivity (Wildman–Crippen MR) is 122 cm³/mol. The van der Waals surface area contributed by atoms with Gasteiger partial charge in [-0.15, -0.1) is 12.3 Å². The summed E-state index contributed by atoms with van der Waals surface area (Å²) in [5.74, 6) is 2.20. The average molecular weight is 469 g/mol. The molecule has 8 heteroatoms. The van der Waals surface area contributed by atoms with Crippen molar-refractivity contribution in [2.45, 2.75) is 63.6 Å². The van der Waals surface area contributed by atoms with Crippen LogP contribution >= 0.6 is 0 Å². The van der Waals surface area contributed by atoms with Crippen LogP contribution in [0.4, 0.5) is 17.6 Å². The number of benzene rings is 1. The quantitative estimate of drug-likeness (QED) is 0.406. The number of rotatable bonds is 5. The molecule has 2 heterocycles. The number of terminal acetylenes is 1. The second-order valence-corrected chi connectivity index (χ2v) is 7.81. The van der Waals surface area contributed by atoms with E-state index in [1.54, 1.807) is 13.0 Å². The SMILES string of the molecule is C#CCc1ccc(CC(O)(CC2(C)CCOc3ccc(F)cc32)C(F)(F)F)[nH]1.C=CN.CC. The zero-order valence-corrected chi connectivity index (χ0v) is 19.2. The molecule has 0 amide bonds. The number of ether oxygens (including phenoxy) is 1. The Morgan fingerprint density at radius 1 is 1.27 bits per heavy atom. The molecule has 0 spiro atoms. The Balaban J connectivity index is 0.00000101. The highest BCUT2D eigenvalue weighted by Gasteiger charge is 2.57. The summed E-state index contributed by atoms with van der Waals surface area (Å²) in [5, 5.41) is 10.7. The van der Waals surface area contributed by atoms with Crippen molar-refractivity contribution < 1.29 is 27.4 Å². The van der Waals surface area contributed by atoms with Gasteiger partial charge in [0.15, 0.2) is 5.60 Å². The van der Waals surface area contributed by atoms with Crippen molar-refractivity contribution in [2.75, 3.05) is 6.61 Å². The van der Waals surface area contributed by atoms with Gasteiger partial charge in [-0.3, -0.25) is 0 Å². The van der Waals surface area contributed by atoms with Gasteiger partial charge in [-0.25, -0.2) is 4.39 Å². The standard InChI is InChI=1S/C21H21F4NO2.C2H5N.C2H6/c1-3-4-15-6-7-16(26-15)12-20(27,21(23,24)25)13-19(2)9-10-28-18-8-5-14(22)11-17(18)19;1-2-3;1-2/h1,5-8,11,26-27H,4,9-10,12-13H2,2H3;2H,1,3H2;1-2H3. The lowest BCUT2D eigenvalue weighted by Gasteiger charge is -2.42. The summed E-state index contributed by atoms with van der Waals surface area (Å²) in [7, 11) is 0. The summed E-state index contributed by atoms with van der Waals surface area (Å²) in [6.07, 6.45) is 0.815. The van der Waals surface area contributed by atoms with Crippen molar-refractivity contribution in [3.63, 3.8) is 0 Å². The molecular weight excluding hydrogens is 436 g/mol. The summed E-state index contributed by atoms with van der Waals surface area (Å²) >= 11 is 0. The third-order valence-electron chi connectivity index (χ3n) is 5.30. The van der Waals surface area contributed by atoms with Crippen LogP contribution in [0, 0.1) is 18.2 Å². The van der Waals surface area contributed by atoms with Crippen molar-refractivity contribution in [2.24, 2.45) is 5.73 Å². The second-order valence-electron chi connectivity index (χ2n) is 7.81. The Morgan fingerprint density at radius 3 is 2.45 bits per heavy atom. The van der Waals surface area contributed by atoms with Gasteiger partial charge in [0.25, 0.3) is 0 Å². The Hall–Kier alpha value is -2.92. The fourth-order valence-corrected chi connectivity index (χ4v) is 3.83. The van der Waals surface area contributed by atoms with E-state index in [9.17, 15) is 22.7 Å². The number of fused-ring (bicyclic) bond motifs is 1. The highest BCUT2D eigenvalue weighted by molar-refractivity contribution is 5.42. The third kappa shape index (κ3) is 7.03. The number of nitrogens with one attached hydrogen (secondary N) is 1. The lowest BCUT2D eigenvalue weighted by Crippen LogP contribution is -2.52. The topological polar surface area (TPSA) is 71.3 Å². The molecule has 2 atom stereocenters. The maximum absolute atomic E-state index is 13.9. The number of aromatic nitrogens is 1. The van der Waals surface area contributed by atoms with Crippen molar-refractivity contribution in [1.29, 1.82) is 0 Å². The largest absolute Gasteiger partial charge is 0.493 e. The molecule has 0 bridgehead atoms. The van der Waals surface area contributed by atoms with Gasteiger partial charge in [0.2, 0.25) is 0 Å². The van der Waals surface area contributed by atoms with E-state index in [1.807, 2.05) is 13.8 Å². The first-order chi connectivity index (χ1) is 15.5. The van der Waals surface area contributed by atoms with Crippen molar-refractivity contribution in [3.05, 3.63) is 65.9 Å². The summed E-state index contributed by atoms with van der Waals surface area (Å²) < 4.78 is 61.0. The molecule has 0 fully saturated rings. The second kappa shape index (κ2) is 11.8. The van der Waals surface area contributed by atoms with Gasteiger partial charge in [0.05, 0.1) is 6.61 Å². The number of alkyl halides is 3. The van der Waals surface area contributed by atoms with Crippen LogP contribution in [0.1, 0.15) is 50.6 Å². The number of aromatic amines is 1. The van der Waals surface area contributed by atoms with E-state index in [-0.39, 0.29) is 25.1 Å². The molecule has 33 heavy (non-hydrogen) atoms. The first kappa shape index (κ1) is 28.1. The summed E-state index contributed by atoms with van der Waals surface area (Å²) in [6.45, 7) is 8.93. The first-order valence-corrected chi connectivity index (χ1v) is 10.6. The molecule has 1 aromatic carbocycles. The summed E-state index contributed by atoms with van der Waals surface area (Å²) in [6, 6.07) is 6.89. The van der Waals surface area contributed by atoms with E-state index in [4.69, 9.17) is 11.2 Å². The van der Waals surface area contributed by atoms with Crippen LogP contribution in [0.2, 0.25) is 0 Å². The van der Waals surface area contributed by atoms with Crippen molar-refractivity contribution >= 4 is 0 Å². The predicted octanol–water partition coefficient (Wildman–Crippen LogP) is 5.41. The van der Waals surface area contributed by atoms with E-state index >= 15 is 0 Å². The molecule has 1 aliphatic rings. The summed E-state index contributed by atoms with van der Waals surface area (Å²) in [4.78, 5) is 2.83. The molecule has 4 nitrogen and oxygen atoms in total. The van der Waals surface area contributed by atoms with Gasteiger partial charge < -0.3 is 20.6 Å². The number of hydrogen-bond donors (Lipinski definition) is 3. The molecule has 0 saturated carbocycles. The zero-order valence-electron chi connectivity index (χ0n) is 19.2. The number of halogens is 4. The normalized spacial score (nSPS) is 18.6. The maximum Gasteiger partial charge on any atom is 0.417 e. The fourth-order valence-electron chi connectivity index (χ4n) is 3.83. The average Bonchev–Trinajstić information content (AvgIpc) is 3.17. The van der Waals surface area contributed by atoms with Crippen LogP contribution in [0.5, 0.6) is 5.75 Å². The Bertz CT molecular complexity index is 949. The molecule has 0 radical (unpaired) electrons. The highest BCUT2D eigenvalue weighted by atomic mass is 19.4. The Labute approximate surface area is 192 Å². The fraction of sp³-hybridized carbons (Fsp3) is 0.440. The first-order valence-electron chi connectivity index (χ1n) is 10.6. The van der Waals surface area contributed by atoms with Gasteiger partial charge in [-0.1, -0.05) is 27.4 Å². The highest BCUT2D eigenvalue weighted by Crippen LogP contribution is 2.48. The van der Waals surface area contributed by atoms with Crippen molar-refractivity contribution in [1.82, 2.24) is 4.98 Å². The number of H-pyrrole nitrogens is 1. The van der Waals surface area contributed by atoms with E-state index in [0.29, 0.717) is 17.0 Å². The van der Waals surface area contributed by atoms with Gasteiger partial charge in [0.1, 0.15) is 11.6 Å². The number of aliphatic hydroxyl groups is 1. The third-order valence-corrected chi connectivity index (χ3v) is 5.30. The van der Waals surface area contributed by atoms with Crippen LogP contribution in [0.25, 0.3) is 0 Å². The summed E-state index contributed by atoms with van der Waals surface area (Å²) in [5.41, 5.74) is 1.68. The zero-order chi connectivity index (χ0) is 25.3. The van der Waals surface area contributed by atoms with Gasteiger partial charge in [-0.05, 0) is 49.4 Å². The maximum atomic E-state index is 13.9. The molecule has 2 aromatic rings. The van der Waals surface area contributed by atoms with Gasteiger partial charge in [0, 0.05) is 35.2 Å². The minimum absolute atomic E-state index is 0.192. The molecule has 0 aliphatic carbocycles. The van der Waals surface area contributed by atoms with Gasteiger partial charge >= 0.3 is 6.18 Å². The lowest BCUT2D eigenvalue weighted by molar-refractivity contribution is -0.267. The van der Waals surface area contributed by atoms with Crippen LogP contribution in [0.15, 0.2) is 43.1 Å². The molecule has 1 aromatic heterocycles. The number of hydrogen-bond acceptors (Lipinski definition) is 3. The monoisotopic (exact) mass is 468 g/mol. The van der Waals surface area contributed by atoms with Crippen LogP contribution in [-0.4, -0.2) is 28.5 Å². The van der Waals surface area contributed by atoms with E-state index in [1.165, 1.54) is 30.5 Å². The minimum atomic E-state index is -4.88. The van der Waals surface area contributed by atoms with Crippen molar-refractivity contribution in [3.8, 4) is 18.1 Å². The molecule has 4 N–H and O–H groups in total. The van der Waals surface area contributed by atoms with Crippen LogP contribution in [-0.2, 0) is 18.3 Å². The molecule has 0 saturated heterocycles. The molecular formula is C25H32F4N2O2. The molecule has 2 unspecified atom stereocenters. The van der Waals surface area contributed by atoms with E-state index in [2.05, 4.69) is 23.2 Å². The van der Waals surface area contributed by atoms with Crippen LogP contribution in [0.3, 0.4) is 0 Å². The number of nitrogens with two attached hydrogens (primary N) is 1. The van der Waals surface area contributed by atoms with E-state index in [0.717, 1.165) is 0 Å². The minimum Gasteiger partial charge on any atom is -0.493 e. The molecule has 182 valence electrons. The molecule has 1 aliphatic heterocycles. The molecule has 3 rings (SSSR count). The van der Waals surface area contributed by atoms with Crippen LogP contribution < -0.4 is 10.5 Å². The lowest BCUT2D eigenvalue weighted by atomic mass is 9.69. The Morgan fingerprint density at radius 2 is 1.88 bits per heavy atom. The van der Waals surface area contributed by atoms with Gasteiger partial charge in [-0.2, -0.15) is 13.2 Å².